The quantitative estimate of drug-likeness (QED) is 0.739. The Bertz CT molecular complexity index is 905. The molecule has 2 aromatic heterocycles. The molecule has 3 aromatic rings. The SMILES string of the molecule is N#Cc1cccc(-c2cc3nc(CN4CCOCC4)ccn3n2)c1. The molecule has 4 rings (SSSR count). The number of hydrogen-bond donors (Lipinski definition) is 0. The summed E-state index contributed by atoms with van der Waals surface area (Å²) < 4.78 is 7.15. The van der Waals surface area contributed by atoms with Crippen LogP contribution in [0.25, 0.3) is 16.9 Å². The minimum absolute atomic E-state index is 0.630. The van der Waals surface area contributed by atoms with E-state index in [9.17, 15) is 0 Å². The van der Waals surface area contributed by atoms with Gasteiger partial charge in [0.15, 0.2) is 5.65 Å². The topological polar surface area (TPSA) is 66.5 Å². The first-order valence-corrected chi connectivity index (χ1v) is 7.98. The van der Waals surface area contributed by atoms with Crippen LogP contribution in [0.5, 0.6) is 0 Å². The summed E-state index contributed by atoms with van der Waals surface area (Å²) in [5.74, 6) is 0. The summed E-state index contributed by atoms with van der Waals surface area (Å²) in [6.45, 7) is 4.28. The van der Waals surface area contributed by atoms with Crippen LogP contribution >= 0.6 is 0 Å². The molecule has 0 bridgehead atoms. The van der Waals surface area contributed by atoms with Crippen LogP contribution in [0.15, 0.2) is 42.6 Å². The van der Waals surface area contributed by atoms with Gasteiger partial charge < -0.3 is 4.74 Å². The Hall–Kier alpha value is -2.75. The second kappa shape index (κ2) is 6.40. The van der Waals surface area contributed by atoms with Gasteiger partial charge in [0.25, 0.3) is 0 Å². The largest absolute Gasteiger partial charge is 0.379 e. The zero-order chi connectivity index (χ0) is 16.4. The van der Waals surface area contributed by atoms with Crippen molar-refractivity contribution in [2.75, 3.05) is 26.3 Å². The van der Waals surface area contributed by atoms with Gasteiger partial charge in [0.2, 0.25) is 0 Å². The second-order valence-electron chi connectivity index (χ2n) is 5.83. The van der Waals surface area contributed by atoms with Gasteiger partial charge in [-0.25, -0.2) is 9.50 Å². The van der Waals surface area contributed by atoms with Crippen molar-refractivity contribution in [2.24, 2.45) is 0 Å². The van der Waals surface area contributed by atoms with Crippen molar-refractivity contribution >= 4 is 5.65 Å². The van der Waals surface area contributed by atoms with Crippen LogP contribution in [0.1, 0.15) is 11.3 Å². The molecule has 1 saturated heterocycles. The smallest absolute Gasteiger partial charge is 0.155 e. The molecule has 6 nitrogen and oxygen atoms in total. The third-order valence-electron chi connectivity index (χ3n) is 4.16. The Morgan fingerprint density at radius 1 is 1.17 bits per heavy atom. The summed E-state index contributed by atoms with van der Waals surface area (Å²) in [5.41, 5.74) is 4.22. The van der Waals surface area contributed by atoms with Crippen molar-refractivity contribution in [1.29, 1.82) is 5.26 Å². The minimum Gasteiger partial charge on any atom is -0.379 e. The molecular formula is C18H17N5O. The van der Waals surface area contributed by atoms with Gasteiger partial charge in [0.1, 0.15) is 0 Å². The van der Waals surface area contributed by atoms with Crippen molar-refractivity contribution in [3.8, 4) is 17.3 Å². The third-order valence-corrected chi connectivity index (χ3v) is 4.16. The zero-order valence-corrected chi connectivity index (χ0v) is 13.2. The molecule has 1 fully saturated rings. The number of benzene rings is 1. The fourth-order valence-electron chi connectivity index (χ4n) is 2.88. The standard InChI is InChI=1S/C18H17N5O/c19-12-14-2-1-3-15(10-14)17-11-18-20-16(4-5-23(18)21-17)13-22-6-8-24-9-7-22/h1-5,10-11H,6-9,13H2. The Morgan fingerprint density at radius 2 is 2.04 bits per heavy atom. The zero-order valence-electron chi connectivity index (χ0n) is 13.2. The van der Waals surface area contributed by atoms with E-state index in [1.165, 1.54) is 0 Å². The molecule has 0 saturated carbocycles. The van der Waals surface area contributed by atoms with E-state index in [0.29, 0.717) is 5.56 Å². The van der Waals surface area contributed by atoms with Crippen molar-refractivity contribution in [3.05, 3.63) is 53.9 Å². The molecule has 120 valence electrons. The first kappa shape index (κ1) is 14.8. The lowest BCUT2D eigenvalue weighted by Gasteiger charge is -2.26. The summed E-state index contributed by atoms with van der Waals surface area (Å²) in [6, 6.07) is 13.6. The highest BCUT2D eigenvalue weighted by atomic mass is 16.5. The first-order valence-electron chi connectivity index (χ1n) is 7.98. The Labute approximate surface area is 139 Å². The van der Waals surface area contributed by atoms with Crippen LogP contribution in [0, 0.1) is 11.3 Å². The normalized spacial score (nSPS) is 15.5. The average molecular weight is 319 g/mol. The number of rotatable bonds is 3. The first-order chi connectivity index (χ1) is 11.8. The van der Waals surface area contributed by atoms with Gasteiger partial charge in [0.05, 0.1) is 36.2 Å². The van der Waals surface area contributed by atoms with Crippen molar-refractivity contribution < 1.29 is 4.74 Å². The van der Waals surface area contributed by atoms with Crippen LogP contribution in [0.4, 0.5) is 0 Å². The molecule has 3 heterocycles. The van der Waals surface area contributed by atoms with Gasteiger partial charge in [-0.2, -0.15) is 10.4 Å². The van der Waals surface area contributed by atoms with Crippen LogP contribution in [0.2, 0.25) is 0 Å². The summed E-state index contributed by atoms with van der Waals surface area (Å²) in [7, 11) is 0. The highest BCUT2D eigenvalue weighted by molar-refractivity contribution is 5.65. The maximum absolute atomic E-state index is 9.04. The van der Waals surface area contributed by atoms with E-state index in [2.05, 4.69) is 16.1 Å². The van der Waals surface area contributed by atoms with Crippen molar-refractivity contribution in [3.63, 3.8) is 0 Å². The molecule has 6 heteroatoms. The number of fused-ring (bicyclic) bond motifs is 1. The predicted molar refractivity (Wildman–Crippen MR) is 89.2 cm³/mol. The molecule has 0 N–H and O–H groups in total. The lowest BCUT2D eigenvalue weighted by Crippen LogP contribution is -2.35. The lowest BCUT2D eigenvalue weighted by atomic mass is 10.1. The number of hydrogen-bond acceptors (Lipinski definition) is 5. The van der Waals surface area contributed by atoms with Crippen molar-refractivity contribution in [2.45, 2.75) is 6.54 Å². The fraction of sp³-hybridized carbons (Fsp3) is 0.278. The van der Waals surface area contributed by atoms with E-state index in [-0.39, 0.29) is 0 Å². The maximum Gasteiger partial charge on any atom is 0.155 e. The number of nitrogens with zero attached hydrogens (tertiary/aromatic N) is 5. The van der Waals surface area contributed by atoms with E-state index < -0.39 is 0 Å². The molecule has 0 atom stereocenters. The molecule has 0 aliphatic carbocycles. The number of nitriles is 1. The van der Waals surface area contributed by atoms with E-state index in [4.69, 9.17) is 15.0 Å². The third kappa shape index (κ3) is 3.00. The predicted octanol–water partition coefficient (Wildman–Crippen LogP) is 2.10. The van der Waals surface area contributed by atoms with Crippen LogP contribution in [-0.2, 0) is 11.3 Å². The summed E-state index contributed by atoms with van der Waals surface area (Å²) in [4.78, 5) is 7.05. The number of ether oxygens (including phenoxy) is 1. The molecule has 0 unspecified atom stereocenters. The molecule has 0 spiro atoms. The number of aromatic nitrogens is 3. The van der Waals surface area contributed by atoms with Crippen molar-refractivity contribution in [1.82, 2.24) is 19.5 Å². The lowest BCUT2D eigenvalue weighted by molar-refractivity contribution is 0.0336. The van der Waals surface area contributed by atoms with Gasteiger partial charge in [-0.15, -0.1) is 0 Å². The Balaban J connectivity index is 1.62. The summed E-state index contributed by atoms with van der Waals surface area (Å²) >= 11 is 0. The van der Waals surface area contributed by atoms with Gasteiger partial charge >= 0.3 is 0 Å². The second-order valence-corrected chi connectivity index (χ2v) is 5.83. The average Bonchev–Trinajstić information content (AvgIpc) is 3.06. The van der Waals surface area contributed by atoms with Crippen LogP contribution in [-0.4, -0.2) is 45.8 Å². The highest BCUT2D eigenvalue weighted by Gasteiger charge is 2.12. The molecule has 1 aliphatic heterocycles. The molecule has 0 amide bonds. The Kier molecular flexibility index (Phi) is 3.95. The van der Waals surface area contributed by atoms with Gasteiger partial charge in [-0.05, 0) is 18.2 Å². The van der Waals surface area contributed by atoms with Crippen LogP contribution < -0.4 is 0 Å². The maximum atomic E-state index is 9.04. The van der Waals surface area contributed by atoms with E-state index in [1.807, 2.05) is 36.5 Å². The fourth-order valence-corrected chi connectivity index (χ4v) is 2.88. The van der Waals surface area contributed by atoms with E-state index >= 15 is 0 Å². The summed E-state index contributed by atoms with van der Waals surface area (Å²) in [5, 5.41) is 13.6. The molecule has 1 aromatic carbocycles. The minimum atomic E-state index is 0.630. The molecule has 0 radical (unpaired) electrons. The van der Waals surface area contributed by atoms with Gasteiger partial charge in [-0.3, -0.25) is 4.90 Å². The Morgan fingerprint density at radius 3 is 2.88 bits per heavy atom. The van der Waals surface area contributed by atoms with Gasteiger partial charge in [0, 0.05) is 37.5 Å². The summed E-state index contributed by atoms with van der Waals surface area (Å²) in [6.07, 6.45) is 1.94. The number of morpholine rings is 1. The van der Waals surface area contributed by atoms with Crippen LogP contribution in [0.3, 0.4) is 0 Å². The van der Waals surface area contributed by atoms with Gasteiger partial charge in [-0.1, -0.05) is 12.1 Å². The monoisotopic (exact) mass is 319 g/mol. The highest BCUT2D eigenvalue weighted by Crippen LogP contribution is 2.20. The van der Waals surface area contributed by atoms with E-state index in [1.54, 1.807) is 10.6 Å². The molecule has 1 aliphatic rings. The molecule has 24 heavy (non-hydrogen) atoms. The molecular weight excluding hydrogens is 302 g/mol. The van der Waals surface area contributed by atoms with E-state index in [0.717, 1.165) is 55.4 Å².